The molecule has 0 saturated carbocycles. The average molecular weight is 283 g/mol. The lowest BCUT2D eigenvalue weighted by Gasteiger charge is -2.17. The molecular formula is C18H21NO2. The molecule has 1 atom stereocenters. The van der Waals surface area contributed by atoms with Crippen molar-refractivity contribution in [3.05, 3.63) is 53.6 Å². The van der Waals surface area contributed by atoms with Crippen LogP contribution in [0.5, 0.6) is 11.5 Å². The topological polar surface area (TPSA) is 30.5 Å². The van der Waals surface area contributed by atoms with Crippen LogP contribution in [-0.4, -0.2) is 6.79 Å². The second-order valence-electron chi connectivity index (χ2n) is 5.76. The normalized spacial score (nSPS) is 14.3. The van der Waals surface area contributed by atoms with E-state index in [1.165, 1.54) is 11.1 Å². The Hall–Kier alpha value is -2.16. The predicted molar refractivity (Wildman–Crippen MR) is 85.1 cm³/mol. The van der Waals surface area contributed by atoms with Gasteiger partial charge < -0.3 is 14.8 Å². The number of ether oxygens (including phenoxy) is 2. The number of rotatable bonds is 4. The summed E-state index contributed by atoms with van der Waals surface area (Å²) in [7, 11) is 0. The Labute approximate surface area is 125 Å². The maximum atomic E-state index is 5.44. The number of fused-ring (bicyclic) bond motifs is 1. The molecule has 0 saturated heterocycles. The molecule has 1 heterocycles. The van der Waals surface area contributed by atoms with E-state index >= 15 is 0 Å². The Balaban J connectivity index is 1.77. The van der Waals surface area contributed by atoms with Gasteiger partial charge >= 0.3 is 0 Å². The second-order valence-corrected chi connectivity index (χ2v) is 5.76. The van der Waals surface area contributed by atoms with Gasteiger partial charge in [0.1, 0.15) is 0 Å². The van der Waals surface area contributed by atoms with Crippen molar-refractivity contribution in [3.63, 3.8) is 0 Å². The van der Waals surface area contributed by atoms with Crippen molar-refractivity contribution in [3.8, 4) is 11.5 Å². The summed E-state index contributed by atoms with van der Waals surface area (Å²) in [5, 5.41) is 3.55. The summed E-state index contributed by atoms with van der Waals surface area (Å²) < 4.78 is 10.8. The molecule has 1 unspecified atom stereocenters. The number of nitrogens with one attached hydrogen (secondary N) is 1. The zero-order chi connectivity index (χ0) is 14.8. The minimum absolute atomic E-state index is 0.210. The lowest BCUT2D eigenvalue weighted by Crippen LogP contribution is -2.07. The first-order chi connectivity index (χ1) is 10.1. The standard InChI is InChI=1S/C18H21NO2/c1-12(2)14-5-4-6-16(9-14)19-13(3)15-7-8-17-18(10-15)21-11-20-17/h4-10,12-13,19H,11H2,1-3H3. The number of hydrogen-bond acceptors (Lipinski definition) is 3. The van der Waals surface area contributed by atoms with Crippen LogP contribution in [0.4, 0.5) is 5.69 Å². The highest BCUT2D eigenvalue weighted by molar-refractivity contribution is 5.50. The quantitative estimate of drug-likeness (QED) is 0.881. The van der Waals surface area contributed by atoms with Crippen LogP contribution in [0.25, 0.3) is 0 Å². The first kappa shape index (κ1) is 13.8. The van der Waals surface area contributed by atoms with Gasteiger partial charge in [-0.3, -0.25) is 0 Å². The SMILES string of the molecule is CC(C)c1cccc(NC(C)c2ccc3c(c2)OCO3)c1. The van der Waals surface area contributed by atoms with E-state index in [0.717, 1.165) is 17.2 Å². The van der Waals surface area contributed by atoms with Crippen LogP contribution in [0.3, 0.4) is 0 Å². The van der Waals surface area contributed by atoms with Gasteiger partial charge in [0.05, 0.1) is 0 Å². The predicted octanol–water partition coefficient (Wildman–Crippen LogP) is 4.71. The lowest BCUT2D eigenvalue weighted by molar-refractivity contribution is 0.174. The van der Waals surface area contributed by atoms with E-state index in [1.807, 2.05) is 12.1 Å². The summed E-state index contributed by atoms with van der Waals surface area (Å²) in [6.07, 6.45) is 0. The van der Waals surface area contributed by atoms with Gasteiger partial charge in [-0.2, -0.15) is 0 Å². The van der Waals surface area contributed by atoms with Crippen LogP contribution >= 0.6 is 0 Å². The van der Waals surface area contributed by atoms with Gasteiger partial charge in [0.25, 0.3) is 0 Å². The first-order valence-electron chi connectivity index (χ1n) is 7.39. The van der Waals surface area contributed by atoms with Gasteiger partial charge in [-0.25, -0.2) is 0 Å². The Morgan fingerprint density at radius 3 is 2.52 bits per heavy atom. The average Bonchev–Trinajstić information content (AvgIpc) is 2.94. The van der Waals surface area contributed by atoms with Crippen LogP contribution in [0.1, 0.15) is 43.9 Å². The fourth-order valence-electron chi connectivity index (χ4n) is 2.50. The van der Waals surface area contributed by atoms with Crippen molar-refractivity contribution >= 4 is 5.69 Å². The number of anilines is 1. The monoisotopic (exact) mass is 283 g/mol. The highest BCUT2D eigenvalue weighted by Crippen LogP contribution is 2.35. The summed E-state index contributed by atoms with van der Waals surface area (Å²) in [4.78, 5) is 0. The van der Waals surface area contributed by atoms with E-state index in [0.29, 0.717) is 12.7 Å². The van der Waals surface area contributed by atoms with Crippen LogP contribution in [0.15, 0.2) is 42.5 Å². The van der Waals surface area contributed by atoms with Gasteiger partial charge in [0.2, 0.25) is 6.79 Å². The molecule has 1 aliphatic rings. The summed E-state index contributed by atoms with van der Waals surface area (Å²) >= 11 is 0. The van der Waals surface area contributed by atoms with Gasteiger partial charge in [0.15, 0.2) is 11.5 Å². The molecule has 3 heteroatoms. The zero-order valence-electron chi connectivity index (χ0n) is 12.7. The van der Waals surface area contributed by atoms with Crippen molar-refractivity contribution in [1.29, 1.82) is 0 Å². The molecule has 3 rings (SSSR count). The second kappa shape index (κ2) is 5.68. The van der Waals surface area contributed by atoms with Crippen LogP contribution in [0, 0.1) is 0 Å². The van der Waals surface area contributed by atoms with Gasteiger partial charge in [-0.05, 0) is 48.2 Å². The Bertz CT molecular complexity index is 637. The zero-order valence-corrected chi connectivity index (χ0v) is 12.7. The van der Waals surface area contributed by atoms with Crippen LogP contribution in [0.2, 0.25) is 0 Å². The number of benzene rings is 2. The molecule has 3 nitrogen and oxygen atoms in total. The molecule has 0 bridgehead atoms. The van der Waals surface area contributed by atoms with Gasteiger partial charge in [-0.15, -0.1) is 0 Å². The molecule has 1 aliphatic heterocycles. The summed E-state index contributed by atoms with van der Waals surface area (Å²) in [6, 6.07) is 14.9. The molecule has 0 spiro atoms. The third-order valence-electron chi connectivity index (χ3n) is 3.83. The van der Waals surface area contributed by atoms with E-state index in [4.69, 9.17) is 9.47 Å². The summed E-state index contributed by atoms with van der Waals surface area (Å²) in [6.45, 7) is 6.89. The minimum Gasteiger partial charge on any atom is -0.454 e. The third kappa shape index (κ3) is 2.97. The van der Waals surface area contributed by atoms with E-state index in [-0.39, 0.29) is 6.04 Å². The lowest BCUT2D eigenvalue weighted by atomic mass is 10.0. The van der Waals surface area contributed by atoms with Gasteiger partial charge in [-0.1, -0.05) is 32.0 Å². The van der Waals surface area contributed by atoms with E-state index in [9.17, 15) is 0 Å². The molecule has 0 aromatic heterocycles. The van der Waals surface area contributed by atoms with E-state index < -0.39 is 0 Å². The maximum absolute atomic E-state index is 5.44. The smallest absolute Gasteiger partial charge is 0.231 e. The molecule has 0 aliphatic carbocycles. The van der Waals surface area contributed by atoms with Crippen LogP contribution < -0.4 is 14.8 Å². The summed E-state index contributed by atoms with van der Waals surface area (Å²) in [5.41, 5.74) is 3.68. The molecular weight excluding hydrogens is 262 g/mol. The highest BCUT2D eigenvalue weighted by Gasteiger charge is 2.15. The van der Waals surface area contributed by atoms with Gasteiger partial charge in [0, 0.05) is 11.7 Å². The van der Waals surface area contributed by atoms with E-state index in [1.54, 1.807) is 0 Å². The Morgan fingerprint density at radius 2 is 1.71 bits per heavy atom. The number of hydrogen-bond donors (Lipinski definition) is 1. The molecule has 1 N–H and O–H groups in total. The first-order valence-corrected chi connectivity index (χ1v) is 7.39. The molecule has 21 heavy (non-hydrogen) atoms. The molecule has 0 radical (unpaired) electrons. The molecule has 0 amide bonds. The third-order valence-corrected chi connectivity index (χ3v) is 3.83. The van der Waals surface area contributed by atoms with E-state index in [2.05, 4.69) is 56.4 Å². The van der Waals surface area contributed by atoms with Crippen molar-refractivity contribution in [2.24, 2.45) is 0 Å². The van der Waals surface area contributed by atoms with Crippen molar-refractivity contribution in [2.45, 2.75) is 32.7 Å². The largest absolute Gasteiger partial charge is 0.454 e. The Kier molecular flexibility index (Phi) is 3.74. The summed E-state index contributed by atoms with van der Waals surface area (Å²) in [5.74, 6) is 2.19. The molecule has 110 valence electrons. The maximum Gasteiger partial charge on any atom is 0.231 e. The highest BCUT2D eigenvalue weighted by atomic mass is 16.7. The molecule has 0 fully saturated rings. The van der Waals surface area contributed by atoms with Crippen molar-refractivity contribution in [2.75, 3.05) is 12.1 Å². The molecule has 2 aromatic rings. The van der Waals surface area contributed by atoms with Crippen molar-refractivity contribution in [1.82, 2.24) is 0 Å². The minimum atomic E-state index is 0.210. The molecule has 2 aromatic carbocycles. The fraction of sp³-hybridized carbons (Fsp3) is 0.333. The Morgan fingerprint density at radius 1 is 0.905 bits per heavy atom. The fourth-order valence-corrected chi connectivity index (χ4v) is 2.50. The van der Waals surface area contributed by atoms with Crippen molar-refractivity contribution < 1.29 is 9.47 Å². The van der Waals surface area contributed by atoms with Crippen LogP contribution in [-0.2, 0) is 0 Å².